The van der Waals surface area contributed by atoms with E-state index in [1.807, 2.05) is 31.2 Å². The van der Waals surface area contributed by atoms with Gasteiger partial charge in [0.1, 0.15) is 5.75 Å². The molecule has 2 aromatic rings. The standard InChI is InChI=1S/C13H12BrClN2O/c1-8-5-10(7-15)17-13(16-8)9-3-4-12(18-2)11(14)6-9/h3-6H,7H2,1-2H3. The van der Waals surface area contributed by atoms with Gasteiger partial charge < -0.3 is 4.74 Å². The van der Waals surface area contributed by atoms with Crippen LogP contribution >= 0.6 is 27.5 Å². The number of hydrogen-bond donors (Lipinski definition) is 0. The molecule has 0 aliphatic heterocycles. The molecule has 0 fully saturated rings. The van der Waals surface area contributed by atoms with Crippen molar-refractivity contribution in [2.45, 2.75) is 12.8 Å². The zero-order valence-electron chi connectivity index (χ0n) is 10.1. The van der Waals surface area contributed by atoms with Crippen LogP contribution in [0.1, 0.15) is 11.4 Å². The molecule has 0 aliphatic carbocycles. The van der Waals surface area contributed by atoms with Crippen molar-refractivity contribution in [3.63, 3.8) is 0 Å². The molecule has 1 aromatic heterocycles. The Labute approximate surface area is 119 Å². The van der Waals surface area contributed by atoms with Crippen LogP contribution in [0.3, 0.4) is 0 Å². The van der Waals surface area contributed by atoms with E-state index >= 15 is 0 Å². The zero-order chi connectivity index (χ0) is 13.1. The quantitative estimate of drug-likeness (QED) is 0.800. The number of hydrogen-bond acceptors (Lipinski definition) is 3. The molecule has 0 atom stereocenters. The molecule has 0 aliphatic rings. The van der Waals surface area contributed by atoms with E-state index in [9.17, 15) is 0 Å². The molecule has 0 unspecified atom stereocenters. The predicted molar refractivity (Wildman–Crippen MR) is 76.0 cm³/mol. The molecule has 0 amide bonds. The van der Waals surface area contributed by atoms with Crippen LogP contribution < -0.4 is 4.74 Å². The van der Waals surface area contributed by atoms with Crippen molar-refractivity contribution in [2.75, 3.05) is 7.11 Å². The Morgan fingerprint density at radius 3 is 2.67 bits per heavy atom. The summed E-state index contributed by atoms with van der Waals surface area (Å²) in [7, 11) is 1.63. The minimum Gasteiger partial charge on any atom is -0.496 e. The Balaban J connectivity index is 2.48. The summed E-state index contributed by atoms with van der Waals surface area (Å²) in [5.74, 6) is 1.84. The Kier molecular flexibility index (Phi) is 4.19. The Morgan fingerprint density at radius 2 is 2.06 bits per heavy atom. The van der Waals surface area contributed by atoms with Gasteiger partial charge in [-0.15, -0.1) is 11.6 Å². The van der Waals surface area contributed by atoms with Gasteiger partial charge in [-0.05, 0) is 47.1 Å². The van der Waals surface area contributed by atoms with E-state index in [1.54, 1.807) is 7.11 Å². The molecule has 1 heterocycles. The van der Waals surface area contributed by atoms with Gasteiger partial charge in [0.15, 0.2) is 5.82 Å². The fourth-order valence-corrected chi connectivity index (χ4v) is 2.31. The highest BCUT2D eigenvalue weighted by Crippen LogP contribution is 2.29. The summed E-state index contributed by atoms with van der Waals surface area (Å²) in [5, 5.41) is 0. The highest BCUT2D eigenvalue weighted by Gasteiger charge is 2.07. The van der Waals surface area contributed by atoms with Gasteiger partial charge in [0, 0.05) is 11.3 Å². The molecule has 0 saturated carbocycles. The van der Waals surface area contributed by atoms with Crippen LogP contribution in [0.4, 0.5) is 0 Å². The second-order valence-corrected chi connectivity index (χ2v) is 4.93. The van der Waals surface area contributed by atoms with Gasteiger partial charge in [-0.1, -0.05) is 0 Å². The van der Waals surface area contributed by atoms with Crippen molar-refractivity contribution in [1.82, 2.24) is 9.97 Å². The molecule has 5 heteroatoms. The van der Waals surface area contributed by atoms with Crippen molar-refractivity contribution in [1.29, 1.82) is 0 Å². The number of halogens is 2. The summed E-state index contributed by atoms with van der Waals surface area (Å²) in [4.78, 5) is 8.83. The molecular weight excluding hydrogens is 316 g/mol. The van der Waals surface area contributed by atoms with Crippen LogP contribution in [0.5, 0.6) is 5.75 Å². The molecule has 3 nitrogen and oxygen atoms in total. The lowest BCUT2D eigenvalue weighted by molar-refractivity contribution is 0.412. The van der Waals surface area contributed by atoms with Gasteiger partial charge in [-0.25, -0.2) is 9.97 Å². The fourth-order valence-electron chi connectivity index (χ4n) is 1.64. The lowest BCUT2D eigenvalue weighted by atomic mass is 10.2. The first-order chi connectivity index (χ1) is 8.63. The van der Waals surface area contributed by atoms with Crippen LogP contribution in [0.2, 0.25) is 0 Å². The monoisotopic (exact) mass is 326 g/mol. The smallest absolute Gasteiger partial charge is 0.159 e. The zero-order valence-corrected chi connectivity index (χ0v) is 12.4. The van der Waals surface area contributed by atoms with Crippen molar-refractivity contribution in [2.24, 2.45) is 0 Å². The van der Waals surface area contributed by atoms with Crippen molar-refractivity contribution >= 4 is 27.5 Å². The number of aryl methyl sites for hydroxylation is 1. The summed E-state index contributed by atoms with van der Waals surface area (Å²) < 4.78 is 6.07. The summed E-state index contributed by atoms with van der Waals surface area (Å²) >= 11 is 9.27. The van der Waals surface area contributed by atoms with Gasteiger partial charge in [-0.2, -0.15) is 0 Å². The number of aromatic nitrogens is 2. The van der Waals surface area contributed by atoms with Gasteiger partial charge in [0.2, 0.25) is 0 Å². The van der Waals surface area contributed by atoms with Crippen molar-refractivity contribution in [3.05, 3.63) is 40.1 Å². The Hall–Kier alpha value is -1.13. The molecular formula is C13H12BrClN2O. The summed E-state index contributed by atoms with van der Waals surface area (Å²) in [6, 6.07) is 7.63. The van der Waals surface area contributed by atoms with Crippen LogP contribution in [0, 0.1) is 6.92 Å². The number of rotatable bonds is 3. The number of methoxy groups -OCH3 is 1. The van der Waals surface area contributed by atoms with Gasteiger partial charge >= 0.3 is 0 Å². The maximum atomic E-state index is 5.82. The number of alkyl halides is 1. The first-order valence-electron chi connectivity index (χ1n) is 5.38. The number of ether oxygens (including phenoxy) is 1. The molecule has 0 radical (unpaired) electrons. The van der Waals surface area contributed by atoms with Crippen molar-refractivity contribution in [3.8, 4) is 17.1 Å². The van der Waals surface area contributed by atoms with Crippen LogP contribution in [0.15, 0.2) is 28.7 Å². The lowest BCUT2D eigenvalue weighted by Crippen LogP contribution is -1.96. The van der Waals surface area contributed by atoms with Gasteiger partial charge in [0.05, 0.1) is 23.2 Å². The molecule has 0 spiro atoms. The molecule has 94 valence electrons. The van der Waals surface area contributed by atoms with E-state index in [2.05, 4.69) is 25.9 Å². The van der Waals surface area contributed by atoms with E-state index in [-0.39, 0.29) is 0 Å². The molecule has 0 bridgehead atoms. The summed E-state index contributed by atoms with van der Waals surface area (Å²) in [5.41, 5.74) is 2.66. The maximum absolute atomic E-state index is 5.82. The summed E-state index contributed by atoms with van der Waals surface area (Å²) in [6.45, 7) is 1.93. The van der Waals surface area contributed by atoms with Gasteiger partial charge in [-0.3, -0.25) is 0 Å². The van der Waals surface area contributed by atoms with E-state index in [4.69, 9.17) is 16.3 Å². The topological polar surface area (TPSA) is 35.0 Å². The summed E-state index contributed by atoms with van der Waals surface area (Å²) in [6.07, 6.45) is 0. The first kappa shape index (κ1) is 13.3. The highest BCUT2D eigenvalue weighted by atomic mass is 79.9. The van der Waals surface area contributed by atoms with Crippen LogP contribution in [-0.2, 0) is 5.88 Å². The van der Waals surface area contributed by atoms with E-state index in [1.165, 1.54) is 0 Å². The molecule has 0 saturated heterocycles. The number of nitrogens with zero attached hydrogens (tertiary/aromatic N) is 2. The van der Waals surface area contributed by atoms with Crippen LogP contribution in [0.25, 0.3) is 11.4 Å². The highest BCUT2D eigenvalue weighted by molar-refractivity contribution is 9.10. The normalized spacial score (nSPS) is 10.4. The van der Waals surface area contributed by atoms with E-state index in [0.717, 1.165) is 27.2 Å². The second kappa shape index (κ2) is 5.67. The Bertz CT molecular complexity index is 575. The third-order valence-electron chi connectivity index (χ3n) is 2.45. The minimum atomic E-state index is 0.383. The minimum absolute atomic E-state index is 0.383. The van der Waals surface area contributed by atoms with E-state index < -0.39 is 0 Å². The van der Waals surface area contributed by atoms with Crippen molar-refractivity contribution < 1.29 is 4.74 Å². The average Bonchev–Trinajstić information content (AvgIpc) is 2.37. The second-order valence-electron chi connectivity index (χ2n) is 3.81. The maximum Gasteiger partial charge on any atom is 0.159 e. The SMILES string of the molecule is COc1ccc(-c2nc(C)cc(CCl)n2)cc1Br. The van der Waals surface area contributed by atoms with Crippen LogP contribution in [-0.4, -0.2) is 17.1 Å². The lowest BCUT2D eigenvalue weighted by Gasteiger charge is -2.07. The molecule has 0 N–H and O–H groups in total. The number of benzene rings is 1. The molecule has 2 rings (SSSR count). The Morgan fingerprint density at radius 1 is 1.28 bits per heavy atom. The van der Waals surface area contributed by atoms with E-state index in [0.29, 0.717) is 11.7 Å². The van der Waals surface area contributed by atoms with Gasteiger partial charge in [0.25, 0.3) is 0 Å². The fraction of sp³-hybridized carbons (Fsp3) is 0.231. The first-order valence-corrected chi connectivity index (χ1v) is 6.71. The third-order valence-corrected chi connectivity index (χ3v) is 3.35. The average molecular weight is 328 g/mol. The third kappa shape index (κ3) is 2.82. The molecule has 18 heavy (non-hydrogen) atoms. The predicted octanol–water partition coefficient (Wildman–Crippen LogP) is 3.96. The molecule has 1 aromatic carbocycles. The largest absolute Gasteiger partial charge is 0.496 e.